The molecule has 1 aromatic rings. The van der Waals surface area contributed by atoms with Crippen LogP contribution in [0.1, 0.15) is 39.2 Å². The molecule has 0 aliphatic rings. The Morgan fingerprint density at radius 1 is 1.16 bits per heavy atom. The Balaban J connectivity index is 2.67. The lowest BCUT2D eigenvalue weighted by molar-refractivity contribution is 0.466. The topological polar surface area (TPSA) is 20.2 Å². The number of hydrogen-bond donors (Lipinski definition) is 1. The van der Waals surface area contributed by atoms with Crippen LogP contribution in [-0.4, -0.2) is 5.11 Å². The van der Waals surface area contributed by atoms with Gasteiger partial charge in [-0.1, -0.05) is 39.2 Å². The molecule has 1 nitrogen and oxygen atoms in total. The number of phenols is 1. The summed E-state index contributed by atoms with van der Waals surface area (Å²) < 4.78 is 1.70. The summed E-state index contributed by atoms with van der Waals surface area (Å²) in [5.41, 5.74) is 3.65. The third-order valence-electron chi connectivity index (χ3n) is 2.87. The van der Waals surface area contributed by atoms with Crippen molar-refractivity contribution in [3.63, 3.8) is 0 Å². The summed E-state index contributed by atoms with van der Waals surface area (Å²) in [6, 6.07) is 3.81. The van der Waals surface area contributed by atoms with Crippen LogP contribution in [-0.2, 0) is 6.42 Å². The molecule has 0 atom stereocenters. The average Bonchev–Trinajstić information content (AvgIpc) is 2.31. The number of aromatic hydroxyl groups is 1. The standard InChI is InChI=1S/C16H20Br2O/c1-11(2)5-4-6-12(3)7-8-13-9-14(17)10-15(18)16(13)19/h5,7,9-10,19H,4,6,8H2,1-3H3. The maximum Gasteiger partial charge on any atom is 0.133 e. The smallest absolute Gasteiger partial charge is 0.133 e. The molecule has 3 heteroatoms. The number of halogens is 2. The van der Waals surface area contributed by atoms with Gasteiger partial charge in [0, 0.05) is 4.47 Å². The minimum absolute atomic E-state index is 0.330. The molecular formula is C16H20Br2O. The van der Waals surface area contributed by atoms with Crippen LogP contribution in [0, 0.1) is 0 Å². The van der Waals surface area contributed by atoms with Gasteiger partial charge in [-0.3, -0.25) is 0 Å². The monoisotopic (exact) mass is 386 g/mol. The van der Waals surface area contributed by atoms with Crippen molar-refractivity contribution in [2.75, 3.05) is 0 Å². The zero-order valence-electron chi connectivity index (χ0n) is 11.6. The van der Waals surface area contributed by atoms with E-state index in [4.69, 9.17) is 0 Å². The second-order valence-electron chi connectivity index (χ2n) is 4.97. The minimum atomic E-state index is 0.330. The van der Waals surface area contributed by atoms with E-state index in [1.807, 2.05) is 12.1 Å². The van der Waals surface area contributed by atoms with E-state index in [1.54, 1.807) is 0 Å². The molecule has 0 aliphatic carbocycles. The van der Waals surface area contributed by atoms with Crippen molar-refractivity contribution < 1.29 is 5.11 Å². The third kappa shape index (κ3) is 5.96. The van der Waals surface area contributed by atoms with Crippen molar-refractivity contribution in [1.82, 2.24) is 0 Å². The van der Waals surface area contributed by atoms with Gasteiger partial charge in [-0.15, -0.1) is 0 Å². The molecule has 0 unspecified atom stereocenters. The van der Waals surface area contributed by atoms with Crippen LogP contribution in [0.5, 0.6) is 5.75 Å². The molecule has 0 saturated carbocycles. The SMILES string of the molecule is CC(C)=CCCC(C)=CCc1cc(Br)cc(Br)c1O. The Kier molecular flexibility index (Phi) is 6.87. The summed E-state index contributed by atoms with van der Waals surface area (Å²) in [5, 5.41) is 9.98. The lowest BCUT2D eigenvalue weighted by Gasteiger charge is -2.06. The van der Waals surface area contributed by atoms with Gasteiger partial charge < -0.3 is 5.11 Å². The van der Waals surface area contributed by atoms with Gasteiger partial charge in [-0.2, -0.15) is 0 Å². The van der Waals surface area contributed by atoms with Crippen molar-refractivity contribution in [1.29, 1.82) is 0 Å². The number of benzene rings is 1. The highest BCUT2D eigenvalue weighted by Gasteiger charge is 2.06. The zero-order chi connectivity index (χ0) is 14.4. The number of rotatable bonds is 5. The van der Waals surface area contributed by atoms with E-state index in [1.165, 1.54) is 11.1 Å². The van der Waals surface area contributed by atoms with Gasteiger partial charge in [-0.25, -0.2) is 0 Å². The van der Waals surface area contributed by atoms with Crippen molar-refractivity contribution in [3.05, 3.63) is 49.9 Å². The molecule has 0 bridgehead atoms. The molecular weight excluding hydrogens is 368 g/mol. The predicted molar refractivity (Wildman–Crippen MR) is 89.6 cm³/mol. The molecule has 0 spiro atoms. The first-order chi connectivity index (χ1) is 8.90. The van der Waals surface area contributed by atoms with Crippen LogP contribution in [0.15, 0.2) is 44.4 Å². The molecule has 0 aromatic heterocycles. The second-order valence-corrected chi connectivity index (χ2v) is 6.74. The molecule has 19 heavy (non-hydrogen) atoms. The Morgan fingerprint density at radius 2 is 1.84 bits per heavy atom. The predicted octanol–water partition coefficient (Wildman–Crippen LogP) is 6.15. The average molecular weight is 388 g/mol. The van der Waals surface area contributed by atoms with Crippen LogP contribution in [0.2, 0.25) is 0 Å². The summed E-state index contributed by atoms with van der Waals surface area (Å²) in [7, 11) is 0. The maximum absolute atomic E-state index is 9.98. The van der Waals surface area contributed by atoms with Gasteiger partial charge in [0.25, 0.3) is 0 Å². The van der Waals surface area contributed by atoms with Crippen LogP contribution < -0.4 is 0 Å². The second kappa shape index (κ2) is 7.91. The van der Waals surface area contributed by atoms with Crippen LogP contribution in [0.3, 0.4) is 0 Å². The van der Waals surface area contributed by atoms with E-state index >= 15 is 0 Å². The molecule has 1 N–H and O–H groups in total. The Labute approximate surface area is 132 Å². The number of hydrogen-bond acceptors (Lipinski definition) is 1. The van der Waals surface area contributed by atoms with Gasteiger partial charge >= 0.3 is 0 Å². The summed E-state index contributed by atoms with van der Waals surface area (Å²) >= 11 is 6.80. The van der Waals surface area contributed by atoms with E-state index in [0.717, 1.165) is 33.8 Å². The largest absolute Gasteiger partial charge is 0.506 e. The van der Waals surface area contributed by atoms with E-state index < -0.39 is 0 Å². The van der Waals surface area contributed by atoms with Crippen LogP contribution >= 0.6 is 31.9 Å². The van der Waals surface area contributed by atoms with Gasteiger partial charge in [-0.05, 0) is 73.7 Å². The Bertz CT molecular complexity index is 498. The highest BCUT2D eigenvalue weighted by molar-refractivity contribution is 9.11. The van der Waals surface area contributed by atoms with Crippen LogP contribution in [0.25, 0.3) is 0 Å². The van der Waals surface area contributed by atoms with Gasteiger partial charge in [0.1, 0.15) is 5.75 Å². The van der Waals surface area contributed by atoms with Crippen LogP contribution in [0.4, 0.5) is 0 Å². The van der Waals surface area contributed by atoms with Crippen molar-refractivity contribution in [2.45, 2.75) is 40.0 Å². The molecule has 0 heterocycles. The first-order valence-electron chi connectivity index (χ1n) is 6.36. The number of phenolic OH excluding ortho intramolecular Hbond substituents is 1. The summed E-state index contributed by atoms with van der Waals surface area (Å²) in [4.78, 5) is 0. The van der Waals surface area contributed by atoms with Crippen molar-refractivity contribution in [3.8, 4) is 5.75 Å². The molecule has 0 radical (unpaired) electrons. The van der Waals surface area contributed by atoms with Gasteiger partial charge in [0.05, 0.1) is 4.47 Å². The molecule has 104 valence electrons. The zero-order valence-corrected chi connectivity index (χ0v) is 14.8. The summed E-state index contributed by atoms with van der Waals surface area (Å²) in [6.07, 6.45) is 7.35. The Hall–Kier alpha value is -0.540. The van der Waals surface area contributed by atoms with Gasteiger partial charge in [0.2, 0.25) is 0 Å². The number of allylic oxidation sites excluding steroid dienone is 4. The van der Waals surface area contributed by atoms with E-state index in [9.17, 15) is 5.11 Å². The van der Waals surface area contributed by atoms with E-state index in [0.29, 0.717) is 5.75 Å². The minimum Gasteiger partial charge on any atom is -0.506 e. The molecule has 0 aliphatic heterocycles. The molecule has 0 amide bonds. The van der Waals surface area contributed by atoms with Crippen molar-refractivity contribution in [2.24, 2.45) is 0 Å². The van der Waals surface area contributed by atoms with Crippen molar-refractivity contribution >= 4 is 31.9 Å². The fraction of sp³-hybridized carbons (Fsp3) is 0.375. The lowest BCUT2D eigenvalue weighted by Crippen LogP contribution is -1.87. The molecule has 0 saturated heterocycles. The Morgan fingerprint density at radius 3 is 2.47 bits per heavy atom. The third-order valence-corrected chi connectivity index (χ3v) is 3.93. The highest BCUT2D eigenvalue weighted by Crippen LogP contribution is 2.32. The fourth-order valence-corrected chi connectivity index (χ4v) is 3.06. The first kappa shape index (κ1) is 16.5. The first-order valence-corrected chi connectivity index (χ1v) is 7.94. The molecule has 1 rings (SSSR count). The molecule has 0 fully saturated rings. The van der Waals surface area contributed by atoms with Gasteiger partial charge in [0.15, 0.2) is 0 Å². The maximum atomic E-state index is 9.98. The van der Waals surface area contributed by atoms with E-state index in [2.05, 4.69) is 64.8 Å². The fourth-order valence-electron chi connectivity index (χ4n) is 1.75. The lowest BCUT2D eigenvalue weighted by atomic mass is 10.1. The van der Waals surface area contributed by atoms with E-state index in [-0.39, 0.29) is 0 Å². The quantitative estimate of drug-likeness (QED) is 0.600. The summed E-state index contributed by atoms with van der Waals surface area (Å²) in [5.74, 6) is 0.330. The normalized spacial score (nSPS) is 11.5. The molecule has 1 aromatic carbocycles. The highest BCUT2D eigenvalue weighted by atomic mass is 79.9. The summed E-state index contributed by atoms with van der Waals surface area (Å²) in [6.45, 7) is 6.38.